The summed E-state index contributed by atoms with van der Waals surface area (Å²) in [4.78, 5) is 3.92. The molecule has 6 nitrogen and oxygen atoms in total. The lowest BCUT2D eigenvalue weighted by atomic mass is 10.0. The minimum atomic E-state index is -1.56. The lowest BCUT2D eigenvalue weighted by Crippen LogP contribution is -2.35. The Morgan fingerprint density at radius 2 is 2.07 bits per heavy atom. The van der Waals surface area contributed by atoms with E-state index in [1.165, 1.54) is 11.0 Å². The smallest absolute Gasteiger partial charge is 0.218 e. The van der Waals surface area contributed by atoms with Crippen LogP contribution in [0.15, 0.2) is 42.7 Å². The minimum Gasteiger partial charge on any atom is -0.454 e. The Balaban J connectivity index is 1.70. The quantitative estimate of drug-likeness (QED) is 0.570. The molecule has 4 rings (SSSR count). The largest absolute Gasteiger partial charge is 0.454 e. The zero-order valence-electron chi connectivity index (χ0n) is 15.2. The van der Waals surface area contributed by atoms with Crippen LogP contribution in [0.25, 0.3) is 0 Å². The van der Waals surface area contributed by atoms with E-state index in [0.717, 1.165) is 12.1 Å². The van der Waals surface area contributed by atoms with Gasteiger partial charge in [-0.1, -0.05) is 11.6 Å². The molecule has 1 aliphatic rings. The molecule has 1 saturated heterocycles. The first-order valence-corrected chi connectivity index (χ1v) is 9.50. The molecule has 0 bridgehead atoms. The standard InChI is InChI=1S/C19H16ClF2N3O3S/c1-11-8-26-19(28-11,9-25-18(29)23-10-24-25)14-6-16(22)17(7-15(14)21)27-13-4-2-12(20)3-5-13/h2-7,10-11H,8-9H2,1H3,(H,23,24,29). The summed E-state index contributed by atoms with van der Waals surface area (Å²) in [5.74, 6) is -3.02. The van der Waals surface area contributed by atoms with E-state index in [9.17, 15) is 4.39 Å². The van der Waals surface area contributed by atoms with E-state index in [4.69, 9.17) is 38.0 Å². The average molecular weight is 440 g/mol. The van der Waals surface area contributed by atoms with Crippen molar-refractivity contribution in [2.45, 2.75) is 25.4 Å². The summed E-state index contributed by atoms with van der Waals surface area (Å²) in [6.07, 6.45) is 1.08. The van der Waals surface area contributed by atoms with Crippen molar-refractivity contribution in [3.05, 3.63) is 69.7 Å². The summed E-state index contributed by atoms with van der Waals surface area (Å²) >= 11 is 10.9. The van der Waals surface area contributed by atoms with Gasteiger partial charge in [0, 0.05) is 11.1 Å². The second-order valence-electron chi connectivity index (χ2n) is 6.57. The predicted octanol–water partition coefficient (Wildman–Crippen LogP) is 4.95. The van der Waals surface area contributed by atoms with Gasteiger partial charge in [0.15, 0.2) is 11.6 Å². The van der Waals surface area contributed by atoms with E-state index in [2.05, 4.69) is 10.1 Å². The number of halogens is 3. The Morgan fingerprint density at radius 3 is 2.69 bits per heavy atom. The highest BCUT2D eigenvalue weighted by molar-refractivity contribution is 7.71. The summed E-state index contributed by atoms with van der Waals surface area (Å²) in [6, 6.07) is 8.26. The Kier molecular flexibility index (Phi) is 5.39. The van der Waals surface area contributed by atoms with Crippen LogP contribution in [0.3, 0.4) is 0 Å². The second kappa shape index (κ2) is 7.83. The van der Waals surface area contributed by atoms with Crippen LogP contribution >= 0.6 is 23.8 Å². The monoisotopic (exact) mass is 439 g/mol. The van der Waals surface area contributed by atoms with Crippen molar-refractivity contribution >= 4 is 23.8 Å². The van der Waals surface area contributed by atoms with Gasteiger partial charge in [-0.25, -0.2) is 13.8 Å². The molecule has 0 saturated carbocycles. The molecule has 1 N–H and O–H groups in total. The molecule has 3 aromatic rings. The van der Waals surface area contributed by atoms with Gasteiger partial charge in [0.1, 0.15) is 24.4 Å². The highest BCUT2D eigenvalue weighted by atomic mass is 35.5. The van der Waals surface area contributed by atoms with Crippen molar-refractivity contribution in [3.8, 4) is 11.5 Å². The van der Waals surface area contributed by atoms with Crippen LogP contribution in [0.5, 0.6) is 11.5 Å². The topological polar surface area (TPSA) is 61.3 Å². The van der Waals surface area contributed by atoms with E-state index in [0.29, 0.717) is 10.8 Å². The van der Waals surface area contributed by atoms with Crippen molar-refractivity contribution in [1.82, 2.24) is 14.8 Å². The van der Waals surface area contributed by atoms with Gasteiger partial charge in [-0.2, -0.15) is 0 Å². The number of benzene rings is 2. The van der Waals surface area contributed by atoms with Gasteiger partial charge in [-0.05, 0) is 49.5 Å². The third kappa shape index (κ3) is 4.04. The molecule has 2 aromatic carbocycles. The summed E-state index contributed by atoms with van der Waals surface area (Å²) in [6.45, 7) is 1.97. The number of nitrogens with zero attached hydrogens (tertiary/aromatic N) is 2. The molecule has 1 aromatic heterocycles. The zero-order chi connectivity index (χ0) is 20.6. The third-order valence-electron chi connectivity index (χ3n) is 4.40. The molecule has 10 heteroatoms. The molecule has 29 heavy (non-hydrogen) atoms. The van der Waals surface area contributed by atoms with E-state index in [-0.39, 0.29) is 35.3 Å². The van der Waals surface area contributed by atoms with Gasteiger partial charge in [-0.3, -0.25) is 9.78 Å². The van der Waals surface area contributed by atoms with E-state index >= 15 is 4.39 Å². The fourth-order valence-corrected chi connectivity index (χ4v) is 3.38. The Hall–Kier alpha value is -2.33. The number of hydrogen-bond acceptors (Lipinski definition) is 5. The summed E-state index contributed by atoms with van der Waals surface area (Å²) in [5.41, 5.74) is -0.0979. The maximum Gasteiger partial charge on any atom is 0.218 e. The van der Waals surface area contributed by atoms with Crippen molar-refractivity contribution in [1.29, 1.82) is 0 Å². The third-order valence-corrected chi connectivity index (χ3v) is 4.98. The minimum absolute atomic E-state index is 0.0239. The molecule has 2 atom stereocenters. The maximum absolute atomic E-state index is 15.1. The number of aromatic nitrogens is 3. The molecule has 152 valence electrons. The number of aromatic amines is 1. The number of ether oxygens (including phenoxy) is 3. The van der Waals surface area contributed by atoms with Crippen molar-refractivity contribution in [3.63, 3.8) is 0 Å². The maximum atomic E-state index is 15.1. The summed E-state index contributed by atoms with van der Waals surface area (Å²) in [7, 11) is 0. The van der Waals surface area contributed by atoms with Crippen LogP contribution < -0.4 is 4.74 Å². The van der Waals surface area contributed by atoms with Gasteiger partial charge in [0.2, 0.25) is 10.6 Å². The lowest BCUT2D eigenvalue weighted by molar-refractivity contribution is -0.189. The molecular weight excluding hydrogens is 424 g/mol. The van der Waals surface area contributed by atoms with Crippen molar-refractivity contribution in [2.75, 3.05) is 6.61 Å². The van der Waals surface area contributed by atoms with Gasteiger partial charge in [0.25, 0.3) is 0 Å². The van der Waals surface area contributed by atoms with Crippen molar-refractivity contribution in [2.24, 2.45) is 0 Å². The summed E-state index contributed by atoms with van der Waals surface area (Å²) < 4.78 is 48.6. The molecule has 0 radical (unpaired) electrons. The van der Waals surface area contributed by atoms with Gasteiger partial charge in [-0.15, -0.1) is 0 Å². The molecule has 0 aliphatic carbocycles. The first kappa shape index (κ1) is 20.0. The van der Waals surface area contributed by atoms with Gasteiger partial charge in [0.05, 0.1) is 18.3 Å². The van der Waals surface area contributed by atoms with E-state index in [1.807, 2.05) is 0 Å². The molecule has 0 amide bonds. The summed E-state index contributed by atoms with van der Waals surface area (Å²) in [5, 5.41) is 3.32. The Bertz CT molecular complexity index is 1090. The molecule has 1 fully saturated rings. The average Bonchev–Trinajstić information content (AvgIpc) is 3.26. The van der Waals surface area contributed by atoms with Crippen molar-refractivity contribution < 1.29 is 23.0 Å². The van der Waals surface area contributed by atoms with Crippen LogP contribution in [0, 0.1) is 16.4 Å². The fourth-order valence-electron chi connectivity index (χ4n) is 3.08. The van der Waals surface area contributed by atoms with Crippen LogP contribution in [-0.4, -0.2) is 27.5 Å². The highest BCUT2D eigenvalue weighted by Gasteiger charge is 2.45. The predicted molar refractivity (Wildman–Crippen MR) is 103 cm³/mol. The number of nitrogens with one attached hydrogen (secondary N) is 1. The molecule has 2 unspecified atom stereocenters. The second-order valence-corrected chi connectivity index (χ2v) is 7.37. The Labute approximate surface area is 175 Å². The van der Waals surface area contributed by atoms with Gasteiger partial charge >= 0.3 is 0 Å². The lowest BCUT2D eigenvalue weighted by Gasteiger charge is -2.29. The van der Waals surface area contributed by atoms with Crippen LogP contribution in [-0.2, 0) is 21.8 Å². The molecule has 2 heterocycles. The SMILES string of the molecule is CC1COC(Cn2[nH]cnc2=S)(c2cc(F)c(Oc3ccc(Cl)cc3)cc2F)O1. The normalized spacial score (nSPS) is 21.4. The molecule has 1 aliphatic heterocycles. The first-order chi connectivity index (χ1) is 13.9. The number of rotatable bonds is 5. The van der Waals surface area contributed by atoms with Crippen LogP contribution in [0.4, 0.5) is 8.78 Å². The van der Waals surface area contributed by atoms with Crippen LogP contribution in [0.1, 0.15) is 12.5 Å². The van der Waals surface area contributed by atoms with E-state index < -0.39 is 17.4 Å². The first-order valence-electron chi connectivity index (χ1n) is 8.71. The highest BCUT2D eigenvalue weighted by Crippen LogP contribution is 2.39. The fraction of sp³-hybridized carbons (Fsp3) is 0.263. The zero-order valence-corrected chi connectivity index (χ0v) is 16.8. The molecular formula is C19H16ClF2N3O3S. The Morgan fingerprint density at radius 1 is 1.31 bits per heavy atom. The molecule has 0 spiro atoms. The van der Waals surface area contributed by atoms with E-state index in [1.54, 1.807) is 31.2 Å². The number of H-pyrrole nitrogens is 1. The van der Waals surface area contributed by atoms with Gasteiger partial charge < -0.3 is 14.2 Å². The number of hydrogen-bond donors (Lipinski definition) is 1. The van der Waals surface area contributed by atoms with Crippen LogP contribution in [0.2, 0.25) is 5.02 Å².